The molecule has 0 spiro atoms. The predicted octanol–water partition coefficient (Wildman–Crippen LogP) is 2.37. The van der Waals surface area contributed by atoms with Crippen LogP contribution in [0.15, 0.2) is 35.9 Å². The molecule has 114 valence electrons. The molecule has 6 heteroatoms. The molecule has 6 nitrogen and oxygen atoms in total. The summed E-state index contributed by atoms with van der Waals surface area (Å²) in [7, 11) is 0. The van der Waals surface area contributed by atoms with Gasteiger partial charge < -0.3 is 30.3 Å². The summed E-state index contributed by atoms with van der Waals surface area (Å²) in [5, 5.41) is 48.7. The number of phenolic OH excluding ortho intramolecular Hbond substituents is 4. The van der Waals surface area contributed by atoms with Crippen molar-refractivity contribution in [1.29, 1.82) is 0 Å². The van der Waals surface area contributed by atoms with E-state index >= 15 is 0 Å². The predicted molar refractivity (Wildman–Crippen MR) is 77.7 cm³/mol. The molecule has 0 saturated carbocycles. The lowest BCUT2D eigenvalue weighted by Gasteiger charge is -2.27. The largest absolute Gasteiger partial charge is 0.508 e. The van der Waals surface area contributed by atoms with Crippen LogP contribution in [0.3, 0.4) is 0 Å². The van der Waals surface area contributed by atoms with E-state index in [2.05, 4.69) is 0 Å². The Bertz CT molecular complexity index is 793. The Morgan fingerprint density at radius 1 is 0.909 bits per heavy atom. The quantitative estimate of drug-likeness (QED) is 0.517. The van der Waals surface area contributed by atoms with Crippen LogP contribution in [0.2, 0.25) is 0 Å². The van der Waals surface area contributed by atoms with Crippen molar-refractivity contribution in [1.82, 2.24) is 0 Å². The second-order valence-electron chi connectivity index (χ2n) is 5.10. The molecule has 2 aromatic rings. The molecular weight excluding hydrogens is 288 g/mol. The van der Waals surface area contributed by atoms with Crippen molar-refractivity contribution in [2.45, 2.75) is 13.0 Å². The number of hydrogen-bond donors (Lipinski definition) is 5. The molecule has 3 rings (SSSR count). The van der Waals surface area contributed by atoms with Crippen molar-refractivity contribution >= 4 is 5.76 Å². The molecule has 2 aromatic carbocycles. The molecule has 0 fully saturated rings. The average molecular weight is 302 g/mol. The first kappa shape index (κ1) is 14.1. The highest BCUT2D eigenvalue weighted by Gasteiger charge is 2.30. The van der Waals surface area contributed by atoms with E-state index in [9.17, 15) is 25.5 Å². The molecule has 5 N–H and O–H groups in total. The van der Waals surface area contributed by atoms with E-state index in [0.717, 1.165) is 6.07 Å². The maximum absolute atomic E-state index is 10.4. The molecule has 0 amide bonds. The Hall–Kier alpha value is -2.86. The molecule has 1 atom stereocenters. The Labute approximate surface area is 125 Å². The summed E-state index contributed by atoms with van der Waals surface area (Å²) in [6.07, 6.45) is -1.12. The number of aliphatic hydroxyl groups is 1. The molecule has 1 aliphatic heterocycles. The second-order valence-corrected chi connectivity index (χ2v) is 5.10. The monoisotopic (exact) mass is 302 g/mol. The van der Waals surface area contributed by atoms with Crippen molar-refractivity contribution in [3.05, 3.63) is 47.0 Å². The van der Waals surface area contributed by atoms with Crippen LogP contribution in [0, 0.1) is 0 Å². The van der Waals surface area contributed by atoms with Crippen molar-refractivity contribution in [2.24, 2.45) is 0 Å². The normalized spacial score (nSPS) is 17.1. The molecule has 1 aliphatic rings. The zero-order chi connectivity index (χ0) is 16.0. The van der Waals surface area contributed by atoms with Crippen LogP contribution in [0.4, 0.5) is 0 Å². The summed E-state index contributed by atoms with van der Waals surface area (Å²) < 4.78 is 5.66. The Balaban J connectivity index is 2.14. The minimum Gasteiger partial charge on any atom is -0.508 e. The van der Waals surface area contributed by atoms with Crippen molar-refractivity contribution in [3.8, 4) is 28.7 Å². The van der Waals surface area contributed by atoms with E-state index < -0.39 is 6.10 Å². The standard InChI is InChI=1S/C16H14O6/c1-7-15(21)14-12(20)5-9(17)6-13(14)22-16(7)8-2-3-10(18)11(19)4-8/h2-6,15,17-21H,1H3. The maximum atomic E-state index is 10.4. The molecule has 0 bridgehead atoms. The van der Waals surface area contributed by atoms with Gasteiger partial charge >= 0.3 is 0 Å². The van der Waals surface area contributed by atoms with Crippen molar-refractivity contribution < 1.29 is 30.3 Å². The molecule has 22 heavy (non-hydrogen) atoms. The van der Waals surface area contributed by atoms with Gasteiger partial charge in [-0.25, -0.2) is 0 Å². The number of phenols is 4. The first-order valence-electron chi connectivity index (χ1n) is 6.53. The number of ether oxygens (including phenoxy) is 1. The van der Waals surface area contributed by atoms with Gasteiger partial charge in [0.25, 0.3) is 0 Å². The van der Waals surface area contributed by atoms with E-state index in [-0.39, 0.29) is 40.1 Å². The third-order valence-electron chi connectivity index (χ3n) is 3.60. The molecule has 0 aromatic heterocycles. The van der Waals surface area contributed by atoms with Crippen LogP contribution >= 0.6 is 0 Å². The SMILES string of the molecule is CC1=C(c2ccc(O)c(O)c2)Oc2cc(O)cc(O)c2C1O. The van der Waals surface area contributed by atoms with Crippen LogP contribution in [0.25, 0.3) is 5.76 Å². The summed E-state index contributed by atoms with van der Waals surface area (Å²) in [5.41, 5.74) is 1.04. The molecule has 0 radical (unpaired) electrons. The van der Waals surface area contributed by atoms with Crippen LogP contribution < -0.4 is 4.74 Å². The number of benzene rings is 2. The summed E-state index contributed by atoms with van der Waals surface area (Å²) in [4.78, 5) is 0. The number of fused-ring (bicyclic) bond motifs is 1. The van der Waals surface area contributed by atoms with Crippen molar-refractivity contribution in [2.75, 3.05) is 0 Å². The number of hydrogen-bond acceptors (Lipinski definition) is 6. The molecule has 1 unspecified atom stereocenters. The minimum absolute atomic E-state index is 0.123. The Kier molecular flexibility index (Phi) is 3.11. The van der Waals surface area contributed by atoms with Gasteiger partial charge in [0.2, 0.25) is 0 Å². The van der Waals surface area contributed by atoms with Gasteiger partial charge in [0, 0.05) is 23.3 Å². The van der Waals surface area contributed by atoms with Crippen LogP contribution in [-0.4, -0.2) is 25.5 Å². The van der Waals surface area contributed by atoms with E-state index in [1.807, 2.05) is 0 Å². The fourth-order valence-electron chi connectivity index (χ4n) is 2.44. The lowest BCUT2D eigenvalue weighted by Crippen LogP contribution is -2.13. The van der Waals surface area contributed by atoms with Gasteiger partial charge in [0.1, 0.15) is 29.1 Å². The smallest absolute Gasteiger partial charge is 0.158 e. The van der Waals surface area contributed by atoms with Crippen LogP contribution in [0.5, 0.6) is 28.7 Å². The summed E-state index contributed by atoms with van der Waals surface area (Å²) >= 11 is 0. The van der Waals surface area contributed by atoms with Gasteiger partial charge in [0.15, 0.2) is 11.5 Å². The fourth-order valence-corrected chi connectivity index (χ4v) is 2.44. The highest BCUT2D eigenvalue weighted by Crippen LogP contribution is 2.47. The zero-order valence-electron chi connectivity index (χ0n) is 11.6. The lowest BCUT2D eigenvalue weighted by molar-refractivity contribution is 0.198. The van der Waals surface area contributed by atoms with Gasteiger partial charge in [0.05, 0.1) is 5.56 Å². The number of aliphatic hydroxyl groups excluding tert-OH is 1. The number of rotatable bonds is 1. The summed E-state index contributed by atoms with van der Waals surface area (Å²) in [6, 6.07) is 6.53. The topological polar surface area (TPSA) is 110 Å². The molecular formula is C16H14O6. The molecule has 0 saturated heterocycles. The fraction of sp³-hybridized carbons (Fsp3) is 0.125. The third-order valence-corrected chi connectivity index (χ3v) is 3.60. The van der Waals surface area contributed by atoms with Gasteiger partial charge in [-0.1, -0.05) is 0 Å². The lowest BCUT2D eigenvalue weighted by atomic mass is 9.94. The highest BCUT2D eigenvalue weighted by atomic mass is 16.5. The average Bonchev–Trinajstić information content (AvgIpc) is 2.45. The van der Waals surface area contributed by atoms with Crippen LogP contribution in [0.1, 0.15) is 24.2 Å². The van der Waals surface area contributed by atoms with Crippen LogP contribution in [-0.2, 0) is 0 Å². The minimum atomic E-state index is -1.12. The zero-order valence-corrected chi connectivity index (χ0v) is 11.6. The second kappa shape index (κ2) is 4.85. The maximum Gasteiger partial charge on any atom is 0.158 e. The third kappa shape index (κ3) is 2.10. The first-order chi connectivity index (χ1) is 10.4. The molecule has 1 heterocycles. The first-order valence-corrected chi connectivity index (χ1v) is 6.53. The summed E-state index contributed by atoms with van der Waals surface area (Å²) in [6.45, 7) is 1.62. The number of aromatic hydroxyl groups is 4. The molecule has 0 aliphatic carbocycles. The Morgan fingerprint density at radius 2 is 1.64 bits per heavy atom. The van der Waals surface area contributed by atoms with Gasteiger partial charge in [-0.3, -0.25) is 0 Å². The van der Waals surface area contributed by atoms with E-state index in [4.69, 9.17) is 4.74 Å². The van der Waals surface area contributed by atoms with E-state index in [1.54, 1.807) is 6.92 Å². The Morgan fingerprint density at radius 3 is 2.32 bits per heavy atom. The van der Waals surface area contributed by atoms with E-state index in [0.29, 0.717) is 11.1 Å². The van der Waals surface area contributed by atoms with Gasteiger partial charge in [-0.15, -0.1) is 0 Å². The van der Waals surface area contributed by atoms with Gasteiger partial charge in [-0.05, 0) is 25.1 Å². The summed E-state index contributed by atoms with van der Waals surface area (Å²) in [5.74, 6) is -0.654. The van der Waals surface area contributed by atoms with Gasteiger partial charge in [-0.2, -0.15) is 0 Å². The highest BCUT2D eigenvalue weighted by molar-refractivity contribution is 5.72. The van der Waals surface area contributed by atoms with Crippen molar-refractivity contribution in [3.63, 3.8) is 0 Å². The van der Waals surface area contributed by atoms with E-state index in [1.165, 1.54) is 24.3 Å².